The average molecular weight is 410 g/mol. The summed E-state index contributed by atoms with van der Waals surface area (Å²) in [6.45, 7) is 0.667. The van der Waals surface area contributed by atoms with E-state index in [1.54, 1.807) is 0 Å². The summed E-state index contributed by atoms with van der Waals surface area (Å²) in [5.41, 5.74) is -0.465. The lowest BCUT2D eigenvalue weighted by Gasteiger charge is -2.43. The fourth-order valence-electron chi connectivity index (χ4n) is 4.27. The lowest BCUT2D eigenvalue weighted by molar-refractivity contribution is -0.103. The van der Waals surface area contributed by atoms with Crippen LogP contribution in [-0.2, 0) is 4.74 Å². The molecule has 1 aromatic carbocycles. The van der Waals surface area contributed by atoms with Crippen molar-refractivity contribution in [1.82, 2.24) is 9.78 Å². The second-order valence-corrected chi connectivity index (χ2v) is 7.99. The summed E-state index contributed by atoms with van der Waals surface area (Å²) in [4.78, 5) is 12.6. The third-order valence-corrected chi connectivity index (χ3v) is 6.04. The summed E-state index contributed by atoms with van der Waals surface area (Å²) >= 11 is 6.26. The zero-order chi connectivity index (χ0) is 19.7. The minimum atomic E-state index is -0.880. The molecule has 1 atom stereocenters. The molecule has 1 saturated carbocycles. The van der Waals surface area contributed by atoms with Gasteiger partial charge < -0.3 is 10.1 Å². The minimum Gasteiger partial charge on any atom is -0.379 e. The predicted molar refractivity (Wildman–Crippen MR) is 103 cm³/mol. The van der Waals surface area contributed by atoms with Crippen molar-refractivity contribution in [2.75, 3.05) is 11.9 Å². The Morgan fingerprint density at radius 3 is 2.79 bits per heavy atom. The van der Waals surface area contributed by atoms with Crippen LogP contribution >= 0.6 is 11.6 Å². The molecule has 1 aliphatic heterocycles. The van der Waals surface area contributed by atoms with Crippen LogP contribution in [-0.4, -0.2) is 28.0 Å². The van der Waals surface area contributed by atoms with Gasteiger partial charge in [-0.1, -0.05) is 30.9 Å². The molecule has 1 spiro atoms. The van der Waals surface area contributed by atoms with Crippen molar-refractivity contribution >= 4 is 17.3 Å². The van der Waals surface area contributed by atoms with Crippen molar-refractivity contribution in [2.24, 2.45) is 0 Å². The topological polar surface area (TPSA) is 56.1 Å². The Balaban J connectivity index is 1.56. The zero-order valence-electron chi connectivity index (χ0n) is 15.4. The van der Waals surface area contributed by atoms with Gasteiger partial charge in [-0.25, -0.2) is 8.78 Å². The number of hydrogen-bond donors (Lipinski definition) is 1. The Morgan fingerprint density at radius 1 is 1.25 bits per heavy atom. The van der Waals surface area contributed by atoms with E-state index in [-0.39, 0.29) is 22.4 Å². The second kappa shape index (κ2) is 7.79. The van der Waals surface area contributed by atoms with E-state index >= 15 is 0 Å². The van der Waals surface area contributed by atoms with E-state index in [0.29, 0.717) is 18.4 Å². The summed E-state index contributed by atoms with van der Waals surface area (Å²) in [5, 5.41) is 7.29. The van der Waals surface area contributed by atoms with Crippen LogP contribution in [0.15, 0.2) is 29.2 Å². The van der Waals surface area contributed by atoms with Crippen LogP contribution in [0.4, 0.5) is 14.5 Å². The first-order valence-corrected chi connectivity index (χ1v) is 9.99. The maximum Gasteiger partial charge on any atom is 0.292 e. The largest absolute Gasteiger partial charge is 0.379 e. The quantitative estimate of drug-likeness (QED) is 0.813. The lowest BCUT2D eigenvalue weighted by Crippen LogP contribution is -2.45. The Kier molecular flexibility index (Phi) is 5.38. The van der Waals surface area contributed by atoms with E-state index in [0.717, 1.165) is 42.5 Å². The summed E-state index contributed by atoms with van der Waals surface area (Å²) in [6.07, 6.45) is 8.80. The van der Waals surface area contributed by atoms with Gasteiger partial charge >= 0.3 is 0 Å². The van der Waals surface area contributed by atoms with Gasteiger partial charge in [0.05, 0.1) is 17.5 Å². The number of benzene rings is 1. The fraction of sp³-hybridized carbons (Fsp3) is 0.500. The molecule has 1 aromatic heterocycles. The summed E-state index contributed by atoms with van der Waals surface area (Å²) in [7, 11) is 0. The van der Waals surface area contributed by atoms with Crippen molar-refractivity contribution in [1.29, 1.82) is 0 Å². The highest BCUT2D eigenvalue weighted by Crippen LogP contribution is 2.39. The molecule has 1 N–H and O–H groups in total. The molecular formula is C20H22ClF2N3O2. The van der Waals surface area contributed by atoms with Crippen LogP contribution in [0, 0.1) is 11.6 Å². The van der Waals surface area contributed by atoms with Crippen LogP contribution in [0.25, 0.3) is 5.69 Å². The monoisotopic (exact) mass is 409 g/mol. The fourth-order valence-corrected chi connectivity index (χ4v) is 4.46. The van der Waals surface area contributed by atoms with Gasteiger partial charge in [-0.2, -0.15) is 9.78 Å². The molecule has 28 heavy (non-hydrogen) atoms. The van der Waals surface area contributed by atoms with Crippen molar-refractivity contribution in [3.63, 3.8) is 0 Å². The van der Waals surface area contributed by atoms with E-state index in [1.807, 2.05) is 0 Å². The van der Waals surface area contributed by atoms with E-state index in [4.69, 9.17) is 16.3 Å². The highest BCUT2D eigenvalue weighted by Gasteiger charge is 2.38. The standard InChI is InChI=1S/C20H22ClF2N3O2/c21-18-16(25-14-6-9-28-20(11-14)7-2-1-3-8-20)12-24-26(19(18)27)17-5-4-13(22)10-15(17)23/h4-5,10,12,14,25H,1-3,6-9,11H2. The number of anilines is 1. The third kappa shape index (κ3) is 3.78. The zero-order valence-corrected chi connectivity index (χ0v) is 16.1. The first-order chi connectivity index (χ1) is 13.5. The molecule has 2 heterocycles. The van der Waals surface area contributed by atoms with Gasteiger partial charge in [0, 0.05) is 18.7 Å². The smallest absolute Gasteiger partial charge is 0.292 e. The Hall–Kier alpha value is -1.99. The normalized spacial score (nSPS) is 21.6. The number of halogens is 3. The van der Waals surface area contributed by atoms with E-state index in [9.17, 15) is 13.6 Å². The molecule has 1 saturated heterocycles. The first-order valence-electron chi connectivity index (χ1n) is 9.61. The molecule has 2 aliphatic rings. The van der Waals surface area contributed by atoms with Gasteiger partial charge in [0.1, 0.15) is 16.5 Å². The molecule has 8 heteroatoms. The van der Waals surface area contributed by atoms with Crippen LogP contribution in [0.5, 0.6) is 0 Å². The maximum atomic E-state index is 14.0. The van der Waals surface area contributed by atoms with Gasteiger partial charge in [0.25, 0.3) is 5.56 Å². The van der Waals surface area contributed by atoms with Gasteiger partial charge in [-0.15, -0.1) is 0 Å². The summed E-state index contributed by atoms with van der Waals surface area (Å²) in [6, 6.07) is 3.06. The van der Waals surface area contributed by atoms with Crippen LogP contribution in [0.3, 0.4) is 0 Å². The Labute approximate surface area is 166 Å². The van der Waals surface area contributed by atoms with Crippen molar-refractivity contribution < 1.29 is 13.5 Å². The highest BCUT2D eigenvalue weighted by molar-refractivity contribution is 6.33. The van der Waals surface area contributed by atoms with Gasteiger partial charge in [0.2, 0.25) is 0 Å². The molecular weight excluding hydrogens is 388 g/mol. The Bertz CT molecular complexity index is 923. The number of nitrogens with zero attached hydrogens (tertiary/aromatic N) is 2. The molecule has 2 aromatic rings. The van der Waals surface area contributed by atoms with E-state index in [2.05, 4.69) is 10.4 Å². The van der Waals surface area contributed by atoms with Crippen LogP contribution < -0.4 is 10.9 Å². The number of hydrogen-bond acceptors (Lipinski definition) is 4. The van der Waals surface area contributed by atoms with Gasteiger partial charge in [-0.05, 0) is 37.8 Å². The molecule has 0 amide bonds. The minimum absolute atomic E-state index is 0.0667. The molecule has 150 valence electrons. The molecule has 5 nitrogen and oxygen atoms in total. The van der Waals surface area contributed by atoms with Crippen molar-refractivity contribution in [3.05, 3.63) is 51.4 Å². The maximum absolute atomic E-state index is 14.0. The van der Waals surface area contributed by atoms with Gasteiger partial charge in [0.15, 0.2) is 5.82 Å². The number of aromatic nitrogens is 2. The van der Waals surface area contributed by atoms with Gasteiger partial charge in [-0.3, -0.25) is 4.79 Å². The second-order valence-electron chi connectivity index (χ2n) is 7.61. The van der Waals surface area contributed by atoms with E-state index in [1.165, 1.54) is 25.5 Å². The summed E-state index contributed by atoms with van der Waals surface area (Å²) in [5.74, 6) is -1.61. The van der Waals surface area contributed by atoms with Crippen LogP contribution in [0.2, 0.25) is 5.02 Å². The lowest BCUT2D eigenvalue weighted by atomic mass is 9.78. The van der Waals surface area contributed by atoms with E-state index < -0.39 is 17.2 Å². The molecule has 2 fully saturated rings. The molecule has 4 rings (SSSR count). The third-order valence-electron chi connectivity index (χ3n) is 5.67. The highest BCUT2D eigenvalue weighted by atomic mass is 35.5. The van der Waals surface area contributed by atoms with Crippen molar-refractivity contribution in [2.45, 2.75) is 56.6 Å². The Morgan fingerprint density at radius 2 is 2.04 bits per heavy atom. The number of nitrogens with one attached hydrogen (secondary N) is 1. The SMILES string of the molecule is O=c1c(Cl)c(NC2CCOC3(CCCCC3)C2)cnn1-c1ccc(F)cc1F. The molecule has 1 unspecified atom stereocenters. The first kappa shape index (κ1) is 19.3. The van der Waals surface area contributed by atoms with Crippen LogP contribution in [0.1, 0.15) is 44.9 Å². The molecule has 0 bridgehead atoms. The predicted octanol–water partition coefficient (Wildman–Crippen LogP) is 4.46. The number of ether oxygens (including phenoxy) is 1. The average Bonchev–Trinajstić information content (AvgIpc) is 2.67. The summed E-state index contributed by atoms with van der Waals surface area (Å²) < 4.78 is 34.1. The molecule has 1 aliphatic carbocycles. The van der Waals surface area contributed by atoms with Crippen molar-refractivity contribution in [3.8, 4) is 5.69 Å². The number of rotatable bonds is 3. The molecule has 0 radical (unpaired) electrons.